The summed E-state index contributed by atoms with van der Waals surface area (Å²) in [6, 6.07) is 6.93. The smallest absolute Gasteiger partial charge is 0.243 e. The molecule has 2 aliphatic rings. The van der Waals surface area contributed by atoms with Crippen LogP contribution < -0.4 is 5.32 Å². The summed E-state index contributed by atoms with van der Waals surface area (Å²) in [5.41, 5.74) is 1.03. The fourth-order valence-electron chi connectivity index (χ4n) is 4.18. The van der Waals surface area contributed by atoms with Gasteiger partial charge in [-0.3, -0.25) is 9.69 Å². The maximum atomic E-state index is 12.8. The molecular weight excluding hydrogens is 402 g/mol. The number of rotatable bonds is 8. The normalized spacial score (nSPS) is 23.9. The van der Waals surface area contributed by atoms with E-state index in [9.17, 15) is 13.2 Å². The zero-order chi connectivity index (χ0) is 21.6. The Bertz CT molecular complexity index is 789. The van der Waals surface area contributed by atoms with Gasteiger partial charge in [-0.15, -0.1) is 0 Å². The summed E-state index contributed by atoms with van der Waals surface area (Å²) in [5.74, 6) is 0.562. The monoisotopic (exact) mass is 437 g/mol. The molecule has 2 fully saturated rings. The Morgan fingerprint density at radius 1 is 1.10 bits per heavy atom. The lowest BCUT2D eigenvalue weighted by Gasteiger charge is -2.33. The van der Waals surface area contributed by atoms with E-state index in [0.717, 1.165) is 12.0 Å². The average molecular weight is 438 g/mol. The van der Waals surface area contributed by atoms with Gasteiger partial charge in [0.05, 0.1) is 24.2 Å². The van der Waals surface area contributed by atoms with Crippen molar-refractivity contribution < 1.29 is 17.9 Å². The average Bonchev–Trinajstić information content (AvgIpc) is 2.73. The highest BCUT2D eigenvalue weighted by atomic mass is 32.2. The quantitative estimate of drug-likeness (QED) is 0.630. The fourth-order valence-corrected chi connectivity index (χ4v) is 5.60. The summed E-state index contributed by atoms with van der Waals surface area (Å²) in [6.45, 7) is 7.41. The van der Waals surface area contributed by atoms with Crippen molar-refractivity contribution in [3.63, 3.8) is 0 Å². The first kappa shape index (κ1) is 23.2. The zero-order valence-corrected chi connectivity index (χ0v) is 19.0. The van der Waals surface area contributed by atoms with Crippen molar-refractivity contribution in [1.82, 2.24) is 14.5 Å². The maximum absolute atomic E-state index is 12.8. The topological polar surface area (TPSA) is 79.0 Å². The first-order valence-corrected chi connectivity index (χ1v) is 12.5. The van der Waals surface area contributed by atoms with Gasteiger partial charge < -0.3 is 10.1 Å². The summed E-state index contributed by atoms with van der Waals surface area (Å²) in [7, 11) is -3.47. The van der Waals surface area contributed by atoms with Crippen LogP contribution in [0, 0.1) is 12.8 Å². The number of carbonyl (C=O) groups excluding carboxylic acids is 1. The number of hydrogen-bond acceptors (Lipinski definition) is 5. The second kappa shape index (κ2) is 10.7. The minimum absolute atomic E-state index is 0.0369. The molecule has 1 saturated carbocycles. The predicted octanol–water partition coefficient (Wildman–Crippen LogP) is 2.01. The molecule has 1 aromatic carbocycles. The molecule has 1 aromatic rings. The molecule has 1 heterocycles. The molecule has 2 unspecified atom stereocenters. The summed E-state index contributed by atoms with van der Waals surface area (Å²) >= 11 is 0. The van der Waals surface area contributed by atoms with Crippen molar-refractivity contribution in [3.05, 3.63) is 29.8 Å². The highest BCUT2D eigenvalue weighted by Gasteiger charge is 2.29. The molecule has 1 saturated heterocycles. The van der Waals surface area contributed by atoms with E-state index in [1.165, 1.54) is 23.6 Å². The number of benzene rings is 1. The lowest BCUT2D eigenvalue weighted by molar-refractivity contribution is -0.123. The summed E-state index contributed by atoms with van der Waals surface area (Å²) in [5, 5.41) is 2.92. The van der Waals surface area contributed by atoms with Crippen molar-refractivity contribution in [1.29, 1.82) is 0 Å². The van der Waals surface area contributed by atoms with Gasteiger partial charge in [-0.1, -0.05) is 37.5 Å². The lowest BCUT2D eigenvalue weighted by atomic mass is 9.88. The molecule has 7 nitrogen and oxygen atoms in total. The van der Waals surface area contributed by atoms with Gasteiger partial charge in [0.2, 0.25) is 15.9 Å². The number of nitrogens with zero attached hydrogens (tertiary/aromatic N) is 2. The standard InChI is InChI=1S/C22H35N3O4S/c1-18-7-9-20(10-8-18)30(27,28)25-14-12-24(13-15-25)17-22(26)23-11-16-29-21-6-4-3-5-19(21)2/h7-10,19,21H,3-6,11-17H2,1-2H3,(H,23,26). The number of carbonyl (C=O) groups is 1. The van der Waals surface area contributed by atoms with Crippen LogP contribution in [0.1, 0.15) is 38.2 Å². The first-order chi connectivity index (χ1) is 14.4. The van der Waals surface area contributed by atoms with E-state index in [0.29, 0.717) is 56.2 Å². The van der Waals surface area contributed by atoms with Crippen LogP contribution in [0.25, 0.3) is 0 Å². The van der Waals surface area contributed by atoms with Crippen LogP contribution in [0.2, 0.25) is 0 Å². The van der Waals surface area contributed by atoms with Crippen LogP contribution in [0.15, 0.2) is 29.2 Å². The van der Waals surface area contributed by atoms with Gasteiger partial charge in [-0.05, 0) is 37.8 Å². The van der Waals surface area contributed by atoms with Crippen LogP contribution >= 0.6 is 0 Å². The molecule has 0 bridgehead atoms. The van der Waals surface area contributed by atoms with Crippen LogP contribution in [0.4, 0.5) is 0 Å². The number of amides is 1. The Morgan fingerprint density at radius 3 is 2.43 bits per heavy atom. The molecule has 0 spiro atoms. The third-order valence-corrected chi connectivity index (χ3v) is 8.06. The minimum Gasteiger partial charge on any atom is -0.376 e. The molecule has 30 heavy (non-hydrogen) atoms. The third kappa shape index (κ3) is 6.26. The fraction of sp³-hybridized carbons (Fsp3) is 0.682. The largest absolute Gasteiger partial charge is 0.376 e. The van der Waals surface area contributed by atoms with Gasteiger partial charge in [-0.2, -0.15) is 4.31 Å². The van der Waals surface area contributed by atoms with Gasteiger partial charge in [0, 0.05) is 32.7 Å². The molecule has 1 amide bonds. The zero-order valence-electron chi connectivity index (χ0n) is 18.2. The molecule has 0 radical (unpaired) electrons. The van der Waals surface area contributed by atoms with Crippen molar-refractivity contribution in [2.24, 2.45) is 5.92 Å². The van der Waals surface area contributed by atoms with Crippen LogP contribution in [0.5, 0.6) is 0 Å². The lowest BCUT2D eigenvalue weighted by Crippen LogP contribution is -2.51. The molecule has 1 aliphatic carbocycles. The number of ether oxygens (including phenoxy) is 1. The Balaban J connectivity index is 1.36. The molecule has 8 heteroatoms. The molecule has 0 aromatic heterocycles. The molecular formula is C22H35N3O4S. The Kier molecular flexibility index (Phi) is 8.27. The Labute approximate surface area is 180 Å². The van der Waals surface area contributed by atoms with Gasteiger partial charge >= 0.3 is 0 Å². The van der Waals surface area contributed by atoms with E-state index in [2.05, 4.69) is 12.2 Å². The molecule has 1 aliphatic heterocycles. The minimum atomic E-state index is -3.47. The first-order valence-electron chi connectivity index (χ1n) is 11.0. The highest BCUT2D eigenvalue weighted by molar-refractivity contribution is 7.89. The highest BCUT2D eigenvalue weighted by Crippen LogP contribution is 2.26. The van der Waals surface area contributed by atoms with E-state index >= 15 is 0 Å². The van der Waals surface area contributed by atoms with E-state index in [1.807, 2.05) is 24.0 Å². The van der Waals surface area contributed by atoms with Gasteiger partial charge in [-0.25, -0.2) is 8.42 Å². The number of piperazine rings is 1. The second-order valence-electron chi connectivity index (χ2n) is 8.51. The molecule has 3 rings (SSSR count). The van der Waals surface area contributed by atoms with Crippen molar-refractivity contribution in [2.75, 3.05) is 45.9 Å². The number of aryl methyl sites for hydroxylation is 1. The summed E-state index contributed by atoms with van der Waals surface area (Å²) in [6.07, 6.45) is 5.18. The summed E-state index contributed by atoms with van der Waals surface area (Å²) < 4.78 is 33.0. The maximum Gasteiger partial charge on any atom is 0.243 e. The van der Waals surface area contributed by atoms with E-state index < -0.39 is 10.0 Å². The second-order valence-corrected chi connectivity index (χ2v) is 10.5. The van der Waals surface area contributed by atoms with Crippen LogP contribution in [0.3, 0.4) is 0 Å². The van der Waals surface area contributed by atoms with Crippen molar-refractivity contribution in [3.8, 4) is 0 Å². The Hall–Kier alpha value is -1.48. The van der Waals surface area contributed by atoms with Gasteiger partial charge in [0.1, 0.15) is 0 Å². The van der Waals surface area contributed by atoms with E-state index in [-0.39, 0.29) is 12.5 Å². The predicted molar refractivity (Wildman–Crippen MR) is 117 cm³/mol. The molecule has 1 N–H and O–H groups in total. The van der Waals surface area contributed by atoms with Gasteiger partial charge in [0.15, 0.2) is 0 Å². The van der Waals surface area contributed by atoms with Gasteiger partial charge in [0.25, 0.3) is 0 Å². The SMILES string of the molecule is Cc1ccc(S(=O)(=O)N2CCN(CC(=O)NCCOC3CCCCC3C)CC2)cc1. The molecule has 168 valence electrons. The van der Waals surface area contributed by atoms with Crippen LogP contribution in [-0.4, -0.2) is 75.5 Å². The van der Waals surface area contributed by atoms with Crippen LogP contribution in [-0.2, 0) is 19.6 Å². The third-order valence-electron chi connectivity index (χ3n) is 6.15. The molecule has 2 atom stereocenters. The van der Waals surface area contributed by atoms with Crippen molar-refractivity contribution >= 4 is 15.9 Å². The Morgan fingerprint density at radius 2 is 1.77 bits per heavy atom. The number of hydrogen-bond donors (Lipinski definition) is 1. The number of sulfonamides is 1. The van der Waals surface area contributed by atoms with E-state index in [4.69, 9.17) is 4.74 Å². The van der Waals surface area contributed by atoms with E-state index in [1.54, 1.807) is 12.1 Å². The summed E-state index contributed by atoms with van der Waals surface area (Å²) in [4.78, 5) is 14.5. The van der Waals surface area contributed by atoms with Crippen molar-refractivity contribution in [2.45, 2.75) is 50.5 Å². The number of nitrogens with one attached hydrogen (secondary N) is 1.